The lowest BCUT2D eigenvalue weighted by Crippen LogP contribution is -2.15. The van der Waals surface area contributed by atoms with Crippen molar-refractivity contribution in [2.45, 2.75) is 45.1 Å². The normalized spacial score (nSPS) is 19.3. The lowest BCUT2D eigenvalue weighted by molar-refractivity contribution is 0.445. The Morgan fingerprint density at radius 2 is 2.13 bits per heavy atom. The highest BCUT2D eigenvalue weighted by atomic mass is 14.8. The second kappa shape index (κ2) is 4.75. The Hall–Kier alpha value is -0.890. The van der Waals surface area contributed by atoms with Crippen molar-refractivity contribution in [1.82, 2.24) is 4.98 Å². The highest BCUT2D eigenvalue weighted by Crippen LogP contribution is 2.31. The number of nitrogens with two attached hydrogens (primary N) is 1. The summed E-state index contributed by atoms with van der Waals surface area (Å²) < 4.78 is 0. The largest absolute Gasteiger partial charge is 0.323 e. The molecule has 1 fully saturated rings. The first-order chi connectivity index (χ1) is 7.25. The minimum Gasteiger partial charge on any atom is -0.323 e. The molecule has 1 saturated carbocycles. The van der Waals surface area contributed by atoms with Crippen LogP contribution >= 0.6 is 0 Å². The minimum absolute atomic E-state index is 0.132. The molecule has 1 atom stereocenters. The summed E-state index contributed by atoms with van der Waals surface area (Å²) in [6.45, 7) is 2.02. The van der Waals surface area contributed by atoms with Gasteiger partial charge in [-0.05, 0) is 31.4 Å². The smallest absolute Gasteiger partial charge is 0.0574 e. The molecule has 0 radical (unpaired) electrons. The zero-order valence-electron chi connectivity index (χ0n) is 9.45. The van der Waals surface area contributed by atoms with E-state index in [-0.39, 0.29) is 6.04 Å². The van der Waals surface area contributed by atoms with Crippen molar-refractivity contribution in [2.75, 3.05) is 0 Å². The summed E-state index contributed by atoms with van der Waals surface area (Å²) in [7, 11) is 0. The van der Waals surface area contributed by atoms with Crippen LogP contribution in [0.4, 0.5) is 0 Å². The van der Waals surface area contributed by atoms with Crippen LogP contribution in [0.5, 0.6) is 0 Å². The molecule has 82 valence electrons. The Labute approximate surface area is 91.9 Å². The molecular weight excluding hydrogens is 184 g/mol. The van der Waals surface area contributed by atoms with E-state index in [0.717, 1.165) is 23.7 Å². The molecule has 2 rings (SSSR count). The maximum absolute atomic E-state index is 6.18. The van der Waals surface area contributed by atoms with Gasteiger partial charge in [0, 0.05) is 11.7 Å². The number of hydrogen-bond donors (Lipinski definition) is 1. The standard InChI is InChI=1S/C13H20N2/c1-10-5-4-8-13(15-10)12(14)9-11-6-2-3-7-11/h4-5,8,11-12H,2-3,6-7,9,14H2,1H3. The summed E-state index contributed by atoms with van der Waals surface area (Å²) in [5, 5.41) is 0. The van der Waals surface area contributed by atoms with Gasteiger partial charge in [0.25, 0.3) is 0 Å². The van der Waals surface area contributed by atoms with E-state index < -0.39 is 0 Å². The van der Waals surface area contributed by atoms with Gasteiger partial charge in [-0.2, -0.15) is 0 Å². The highest BCUT2D eigenvalue weighted by molar-refractivity contribution is 5.13. The summed E-state index contributed by atoms with van der Waals surface area (Å²) in [4.78, 5) is 4.49. The van der Waals surface area contributed by atoms with Crippen molar-refractivity contribution < 1.29 is 0 Å². The number of nitrogens with zero attached hydrogens (tertiary/aromatic N) is 1. The molecule has 1 aromatic heterocycles. The summed E-state index contributed by atoms with van der Waals surface area (Å²) in [6, 6.07) is 6.25. The SMILES string of the molecule is Cc1cccc(C(N)CC2CCCC2)n1. The third kappa shape index (κ3) is 2.78. The summed E-state index contributed by atoms with van der Waals surface area (Å²) in [6.07, 6.45) is 6.60. The maximum atomic E-state index is 6.18. The van der Waals surface area contributed by atoms with Gasteiger partial charge in [0.05, 0.1) is 5.69 Å². The Morgan fingerprint density at radius 3 is 2.80 bits per heavy atom. The third-order valence-electron chi connectivity index (χ3n) is 3.35. The van der Waals surface area contributed by atoms with Crippen molar-refractivity contribution in [2.24, 2.45) is 11.7 Å². The Morgan fingerprint density at radius 1 is 1.40 bits per heavy atom. The molecule has 2 nitrogen and oxygen atoms in total. The van der Waals surface area contributed by atoms with Crippen LogP contribution in [-0.4, -0.2) is 4.98 Å². The van der Waals surface area contributed by atoms with Crippen LogP contribution in [0.15, 0.2) is 18.2 Å². The zero-order valence-corrected chi connectivity index (χ0v) is 9.45. The highest BCUT2D eigenvalue weighted by Gasteiger charge is 2.19. The average molecular weight is 204 g/mol. The number of rotatable bonds is 3. The molecule has 0 aromatic carbocycles. The summed E-state index contributed by atoms with van der Waals surface area (Å²) in [5.41, 5.74) is 8.30. The molecule has 0 amide bonds. The number of aryl methyl sites for hydroxylation is 1. The molecule has 1 aliphatic rings. The van der Waals surface area contributed by atoms with E-state index in [2.05, 4.69) is 4.98 Å². The summed E-state index contributed by atoms with van der Waals surface area (Å²) in [5.74, 6) is 0.835. The quantitative estimate of drug-likeness (QED) is 0.822. The molecule has 0 bridgehead atoms. The Bertz CT molecular complexity index is 316. The van der Waals surface area contributed by atoms with Gasteiger partial charge >= 0.3 is 0 Å². The van der Waals surface area contributed by atoms with Crippen LogP contribution in [0.2, 0.25) is 0 Å². The van der Waals surface area contributed by atoms with Crippen LogP contribution in [0.3, 0.4) is 0 Å². The molecular formula is C13H20N2. The average Bonchev–Trinajstić information content (AvgIpc) is 2.70. The molecule has 15 heavy (non-hydrogen) atoms. The fraction of sp³-hybridized carbons (Fsp3) is 0.615. The van der Waals surface area contributed by atoms with Crippen molar-refractivity contribution in [3.63, 3.8) is 0 Å². The lowest BCUT2D eigenvalue weighted by atomic mass is 9.97. The topological polar surface area (TPSA) is 38.9 Å². The van der Waals surface area contributed by atoms with Gasteiger partial charge in [-0.15, -0.1) is 0 Å². The van der Waals surface area contributed by atoms with E-state index in [1.807, 2.05) is 25.1 Å². The van der Waals surface area contributed by atoms with Crippen molar-refractivity contribution in [3.8, 4) is 0 Å². The predicted molar refractivity (Wildman–Crippen MR) is 62.5 cm³/mol. The van der Waals surface area contributed by atoms with Gasteiger partial charge in [0.15, 0.2) is 0 Å². The van der Waals surface area contributed by atoms with Crippen LogP contribution in [0.1, 0.15) is 49.5 Å². The Balaban J connectivity index is 1.97. The van der Waals surface area contributed by atoms with Crippen LogP contribution in [-0.2, 0) is 0 Å². The van der Waals surface area contributed by atoms with E-state index in [1.165, 1.54) is 25.7 Å². The van der Waals surface area contributed by atoms with Crippen molar-refractivity contribution in [1.29, 1.82) is 0 Å². The van der Waals surface area contributed by atoms with Gasteiger partial charge in [0.1, 0.15) is 0 Å². The number of pyridine rings is 1. The molecule has 2 N–H and O–H groups in total. The second-order valence-electron chi connectivity index (χ2n) is 4.70. The molecule has 2 heteroatoms. The first kappa shape index (κ1) is 10.6. The van der Waals surface area contributed by atoms with E-state index in [1.54, 1.807) is 0 Å². The summed E-state index contributed by atoms with van der Waals surface area (Å²) >= 11 is 0. The second-order valence-corrected chi connectivity index (χ2v) is 4.70. The first-order valence-corrected chi connectivity index (χ1v) is 5.95. The van der Waals surface area contributed by atoms with Crippen molar-refractivity contribution >= 4 is 0 Å². The lowest BCUT2D eigenvalue weighted by Gasteiger charge is -2.16. The van der Waals surface area contributed by atoms with Crippen LogP contribution in [0, 0.1) is 12.8 Å². The van der Waals surface area contributed by atoms with E-state index in [9.17, 15) is 0 Å². The zero-order chi connectivity index (χ0) is 10.7. The van der Waals surface area contributed by atoms with E-state index in [4.69, 9.17) is 5.73 Å². The Kier molecular flexibility index (Phi) is 3.37. The fourth-order valence-corrected chi connectivity index (χ4v) is 2.50. The number of hydrogen-bond acceptors (Lipinski definition) is 2. The van der Waals surface area contributed by atoms with Crippen molar-refractivity contribution in [3.05, 3.63) is 29.6 Å². The first-order valence-electron chi connectivity index (χ1n) is 5.95. The van der Waals surface area contributed by atoms with Crippen LogP contribution < -0.4 is 5.73 Å². The third-order valence-corrected chi connectivity index (χ3v) is 3.35. The molecule has 0 aliphatic heterocycles. The van der Waals surface area contributed by atoms with Gasteiger partial charge in [-0.25, -0.2) is 0 Å². The molecule has 0 spiro atoms. The molecule has 1 unspecified atom stereocenters. The predicted octanol–water partition coefficient (Wildman–Crippen LogP) is 2.97. The molecule has 1 aliphatic carbocycles. The van der Waals surface area contributed by atoms with Gasteiger partial charge < -0.3 is 5.73 Å². The molecule has 1 heterocycles. The van der Waals surface area contributed by atoms with E-state index in [0.29, 0.717) is 0 Å². The maximum Gasteiger partial charge on any atom is 0.0574 e. The molecule has 0 saturated heterocycles. The van der Waals surface area contributed by atoms with Gasteiger partial charge in [-0.1, -0.05) is 31.7 Å². The minimum atomic E-state index is 0.132. The van der Waals surface area contributed by atoms with E-state index >= 15 is 0 Å². The van der Waals surface area contributed by atoms with Gasteiger partial charge in [0.2, 0.25) is 0 Å². The monoisotopic (exact) mass is 204 g/mol. The molecule has 1 aromatic rings. The number of aromatic nitrogens is 1. The van der Waals surface area contributed by atoms with Crippen LogP contribution in [0.25, 0.3) is 0 Å². The fourth-order valence-electron chi connectivity index (χ4n) is 2.50. The van der Waals surface area contributed by atoms with Gasteiger partial charge in [-0.3, -0.25) is 4.98 Å².